The van der Waals surface area contributed by atoms with Crippen LogP contribution in [0.25, 0.3) is 0 Å². The number of anilines is 1. The third-order valence-electron chi connectivity index (χ3n) is 6.61. The number of carbonyl (C=O) groups excluding carboxylic acids is 2. The van der Waals surface area contributed by atoms with Crippen molar-refractivity contribution in [1.29, 1.82) is 0 Å². The van der Waals surface area contributed by atoms with Gasteiger partial charge in [-0.15, -0.1) is 11.3 Å². The summed E-state index contributed by atoms with van der Waals surface area (Å²) in [5.41, 5.74) is 4.29. The summed E-state index contributed by atoms with van der Waals surface area (Å²) in [4.78, 5) is 29.4. The molecule has 0 unspecified atom stereocenters. The Morgan fingerprint density at radius 2 is 1.89 bits per heavy atom. The zero-order chi connectivity index (χ0) is 24.7. The number of nitrogens with one attached hydrogen (secondary N) is 2. The normalized spacial score (nSPS) is 17.3. The molecule has 2 aliphatic heterocycles. The molecule has 0 spiro atoms. The molecule has 1 atom stereocenters. The summed E-state index contributed by atoms with van der Waals surface area (Å²) in [6.45, 7) is 8.20. The number of nitrogens with zero attached hydrogens (tertiary/aromatic N) is 1. The fraction of sp³-hybridized carbons (Fsp3) is 0.333. The number of amides is 1. The molecule has 2 N–H and O–H groups in total. The molecule has 0 radical (unpaired) electrons. The van der Waals surface area contributed by atoms with E-state index in [-0.39, 0.29) is 5.91 Å². The second kappa shape index (κ2) is 9.36. The monoisotopic (exact) mass is 491 g/mol. The summed E-state index contributed by atoms with van der Waals surface area (Å²) in [5, 5.41) is 7.48. The molecule has 1 aromatic heterocycles. The first-order valence-corrected chi connectivity index (χ1v) is 12.6. The molecule has 0 aliphatic carbocycles. The lowest BCUT2D eigenvalue weighted by Crippen LogP contribution is -2.39. The Kier molecular flexibility index (Phi) is 6.25. The Morgan fingerprint density at radius 1 is 1.11 bits per heavy atom. The molecule has 7 nitrogen and oxygen atoms in total. The number of benzene rings is 2. The summed E-state index contributed by atoms with van der Waals surface area (Å²) >= 11 is 1.67. The van der Waals surface area contributed by atoms with Gasteiger partial charge in [0.15, 0.2) is 11.5 Å². The van der Waals surface area contributed by atoms with Crippen molar-refractivity contribution < 1.29 is 19.1 Å². The standard InChI is InChI=1S/C27H29N3O4S/c1-15(2)30-12-11-19-22(14-30)35-26-23(19)25(31)28-24(29-26)18-9-10-20(21(13-18)33-4)34-27(32)17-7-5-16(3)6-8-17/h5-10,13,15,24,29H,11-12,14H2,1-4H3,(H,28,31)/t24-/m0/s1. The zero-order valence-corrected chi connectivity index (χ0v) is 21.1. The van der Waals surface area contributed by atoms with Crippen LogP contribution in [0.1, 0.15) is 62.3 Å². The molecule has 0 fully saturated rings. The van der Waals surface area contributed by atoms with Crippen LogP contribution in [-0.2, 0) is 13.0 Å². The number of thiophene rings is 1. The SMILES string of the molecule is COc1cc([C@H]2NC(=O)c3c(sc4c3CCN(C(C)C)C4)N2)ccc1OC(=O)c1ccc(C)cc1. The van der Waals surface area contributed by atoms with Crippen LogP contribution in [0, 0.1) is 6.92 Å². The summed E-state index contributed by atoms with van der Waals surface area (Å²) in [6, 6.07) is 13.0. The van der Waals surface area contributed by atoms with Gasteiger partial charge >= 0.3 is 5.97 Å². The number of aryl methyl sites for hydroxylation is 1. The highest BCUT2D eigenvalue weighted by atomic mass is 32.1. The van der Waals surface area contributed by atoms with Gasteiger partial charge in [-0.1, -0.05) is 23.8 Å². The van der Waals surface area contributed by atoms with Crippen LogP contribution in [0.2, 0.25) is 0 Å². The molecule has 2 aliphatic rings. The molecule has 5 rings (SSSR count). The third-order valence-corrected chi connectivity index (χ3v) is 7.75. The van der Waals surface area contributed by atoms with E-state index in [1.165, 1.54) is 17.6 Å². The quantitative estimate of drug-likeness (QED) is 0.390. The first kappa shape index (κ1) is 23.4. The molecule has 0 saturated heterocycles. The lowest BCUT2D eigenvalue weighted by atomic mass is 9.99. The average Bonchev–Trinajstić information content (AvgIpc) is 3.22. The van der Waals surface area contributed by atoms with Crippen molar-refractivity contribution in [2.45, 2.75) is 45.9 Å². The van der Waals surface area contributed by atoms with Crippen molar-refractivity contribution in [2.75, 3.05) is 19.0 Å². The fourth-order valence-electron chi connectivity index (χ4n) is 4.54. The summed E-state index contributed by atoms with van der Waals surface area (Å²) in [5.74, 6) is 0.227. The lowest BCUT2D eigenvalue weighted by Gasteiger charge is -2.31. The van der Waals surface area contributed by atoms with Gasteiger partial charge in [0.1, 0.15) is 11.2 Å². The van der Waals surface area contributed by atoms with E-state index in [9.17, 15) is 9.59 Å². The number of carbonyl (C=O) groups is 2. The van der Waals surface area contributed by atoms with Gasteiger partial charge < -0.3 is 20.1 Å². The van der Waals surface area contributed by atoms with Crippen molar-refractivity contribution in [1.82, 2.24) is 10.2 Å². The Labute approximate surface area is 209 Å². The van der Waals surface area contributed by atoms with Gasteiger partial charge in [-0.2, -0.15) is 0 Å². The van der Waals surface area contributed by atoms with Crippen LogP contribution in [0.4, 0.5) is 5.00 Å². The van der Waals surface area contributed by atoms with E-state index >= 15 is 0 Å². The van der Waals surface area contributed by atoms with Crippen molar-refractivity contribution in [3.63, 3.8) is 0 Å². The van der Waals surface area contributed by atoms with E-state index in [0.29, 0.717) is 23.1 Å². The number of methoxy groups -OCH3 is 1. The maximum absolute atomic E-state index is 13.1. The smallest absolute Gasteiger partial charge is 0.343 e. The van der Waals surface area contributed by atoms with Gasteiger partial charge in [-0.25, -0.2) is 4.79 Å². The minimum atomic E-state index is -0.454. The van der Waals surface area contributed by atoms with Crippen molar-refractivity contribution in [2.24, 2.45) is 0 Å². The van der Waals surface area contributed by atoms with Crippen LogP contribution in [0.5, 0.6) is 11.5 Å². The Morgan fingerprint density at radius 3 is 2.60 bits per heavy atom. The van der Waals surface area contributed by atoms with E-state index < -0.39 is 12.1 Å². The van der Waals surface area contributed by atoms with Crippen molar-refractivity contribution in [3.8, 4) is 11.5 Å². The van der Waals surface area contributed by atoms with E-state index in [4.69, 9.17) is 9.47 Å². The van der Waals surface area contributed by atoms with Gasteiger partial charge in [-0.05, 0) is 62.6 Å². The predicted molar refractivity (Wildman–Crippen MR) is 137 cm³/mol. The van der Waals surface area contributed by atoms with Crippen molar-refractivity contribution >= 4 is 28.2 Å². The predicted octanol–water partition coefficient (Wildman–Crippen LogP) is 4.90. The Hall–Kier alpha value is -3.36. The molecule has 2 aromatic carbocycles. The van der Waals surface area contributed by atoms with E-state index in [1.807, 2.05) is 25.1 Å². The highest BCUT2D eigenvalue weighted by Crippen LogP contribution is 2.42. The largest absolute Gasteiger partial charge is 0.493 e. The number of fused-ring (bicyclic) bond motifs is 3. The highest BCUT2D eigenvalue weighted by Gasteiger charge is 2.34. The van der Waals surface area contributed by atoms with Crippen LogP contribution >= 0.6 is 11.3 Å². The maximum Gasteiger partial charge on any atom is 0.343 e. The summed E-state index contributed by atoms with van der Waals surface area (Å²) in [6.07, 6.45) is 0.473. The third kappa shape index (κ3) is 4.51. The number of hydrogen-bond acceptors (Lipinski definition) is 7. The highest BCUT2D eigenvalue weighted by molar-refractivity contribution is 7.16. The minimum absolute atomic E-state index is 0.0620. The molecule has 3 heterocycles. The average molecular weight is 492 g/mol. The number of rotatable bonds is 5. The van der Waals surface area contributed by atoms with E-state index in [1.54, 1.807) is 35.6 Å². The van der Waals surface area contributed by atoms with Gasteiger partial charge in [0, 0.05) is 24.0 Å². The van der Waals surface area contributed by atoms with Crippen molar-refractivity contribution in [3.05, 3.63) is 75.2 Å². The second-order valence-corrected chi connectivity index (χ2v) is 10.3. The molecular weight excluding hydrogens is 462 g/mol. The second-order valence-electron chi connectivity index (χ2n) is 9.24. The first-order chi connectivity index (χ1) is 16.8. The van der Waals surface area contributed by atoms with Crippen LogP contribution in [0.3, 0.4) is 0 Å². The molecule has 0 bridgehead atoms. The number of ether oxygens (including phenoxy) is 2. The summed E-state index contributed by atoms with van der Waals surface area (Å²) < 4.78 is 11.1. The molecule has 182 valence electrons. The molecule has 35 heavy (non-hydrogen) atoms. The van der Waals surface area contributed by atoms with Crippen LogP contribution < -0.4 is 20.1 Å². The molecule has 3 aromatic rings. The van der Waals surface area contributed by atoms with Gasteiger partial charge in [0.05, 0.1) is 18.2 Å². The molecule has 1 amide bonds. The first-order valence-electron chi connectivity index (χ1n) is 11.8. The molecular formula is C27H29N3O4S. The Balaban J connectivity index is 1.36. The summed E-state index contributed by atoms with van der Waals surface area (Å²) in [7, 11) is 1.53. The Bertz CT molecular complexity index is 1280. The lowest BCUT2D eigenvalue weighted by molar-refractivity contribution is 0.0729. The van der Waals surface area contributed by atoms with Crippen LogP contribution in [0.15, 0.2) is 42.5 Å². The number of hydrogen-bond donors (Lipinski definition) is 2. The maximum atomic E-state index is 13.1. The zero-order valence-electron chi connectivity index (χ0n) is 20.3. The van der Waals surface area contributed by atoms with Gasteiger partial charge in [0.2, 0.25) is 0 Å². The molecule has 8 heteroatoms. The van der Waals surface area contributed by atoms with E-state index in [0.717, 1.165) is 41.2 Å². The minimum Gasteiger partial charge on any atom is -0.493 e. The fourth-order valence-corrected chi connectivity index (χ4v) is 5.84. The van der Waals surface area contributed by atoms with Gasteiger partial charge in [-0.3, -0.25) is 9.69 Å². The number of esters is 1. The van der Waals surface area contributed by atoms with Gasteiger partial charge in [0.25, 0.3) is 5.91 Å². The topological polar surface area (TPSA) is 79.9 Å². The van der Waals surface area contributed by atoms with E-state index in [2.05, 4.69) is 29.4 Å². The molecule has 0 saturated carbocycles. The van der Waals surface area contributed by atoms with Crippen LogP contribution in [-0.4, -0.2) is 36.5 Å².